The summed E-state index contributed by atoms with van der Waals surface area (Å²) < 4.78 is 0. The van der Waals surface area contributed by atoms with E-state index in [0.717, 1.165) is 0 Å². The maximum atomic E-state index is 12.2. The summed E-state index contributed by atoms with van der Waals surface area (Å²) >= 11 is 0. The molecule has 0 spiro atoms. The normalized spacial score (nSPS) is 10.9. The molecule has 4 heteroatoms. The number of rotatable bonds is 4. The largest absolute Gasteiger partial charge is 0.505 e. The van der Waals surface area contributed by atoms with Gasteiger partial charge in [-0.1, -0.05) is 13.8 Å². The van der Waals surface area contributed by atoms with E-state index in [1.54, 1.807) is 11.0 Å². The Balaban J connectivity index is 2.96. The first-order valence-electron chi connectivity index (χ1n) is 5.88. The van der Waals surface area contributed by atoms with Crippen LogP contribution in [-0.4, -0.2) is 33.5 Å². The van der Waals surface area contributed by atoms with Gasteiger partial charge in [0, 0.05) is 18.8 Å². The number of amides is 1. The molecule has 0 bridgehead atoms. The molecule has 1 aromatic rings. The number of pyridine rings is 1. The summed E-state index contributed by atoms with van der Waals surface area (Å²) in [5.74, 6) is 0.103. The fourth-order valence-electron chi connectivity index (χ4n) is 1.62. The third-order valence-corrected chi connectivity index (χ3v) is 2.44. The Kier molecular flexibility index (Phi) is 4.49. The third kappa shape index (κ3) is 3.44. The molecule has 0 saturated heterocycles. The summed E-state index contributed by atoms with van der Waals surface area (Å²) in [5.41, 5.74) is 0.127. The van der Waals surface area contributed by atoms with Crippen LogP contribution in [0.5, 0.6) is 5.75 Å². The van der Waals surface area contributed by atoms with Crippen molar-refractivity contribution in [2.24, 2.45) is 5.92 Å². The van der Waals surface area contributed by atoms with E-state index < -0.39 is 0 Å². The minimum absolute atomic E-state index is 0.0630. The van der Waals surface area contributed by atoms with Gasteiger partial charge in [0.05, 0.1) is 0 Å². The molecular formula is C13H20N2O2. The lowest BCUT2D eigenvalue weighted by Crippen LogP contribution is -2.39. The van der Waals surface area contributed by atoms with E-state index in [-0.39, 0.29) is 23.4 Å². The maximum Gasteiger partial charge on any atom is 0.276 e. The number of carbonyl (C=O) groups excluding carboxylic acids is 1. The maximum absolute atomic E-state index is 12.2. The molecule has 1 amide bonds. The van der Waals surface area contributed by atoms with E-state index in [0.29, 0.717) is 12.5 Å². The minimum atomic E-state index is -0.216. The van der Waals surface area contributed by atoms with Crippen molar-refractivity contribution in [3.63, 3.8) is 0 Å². The third-order valence-electron chi connectivity index (χ3n) is 2.44. The number of aromatic nitrogens is 1. The number of nitrogens with zero attached hydrogens (tertiary/aromatic N) is 2. The van der Waals surface area contributed by atoms with Crippen molar-refractivity contribution in [2.45, 2.75) is 33.7 Å². The van der Waals surface area contributed by atoms with Crippen LogP contribution in [0, 0.1) is 5.92 Å². The van der Waals surface area contributed by atoms with Gasteiger partial charge in [-0.05, 0) is 31.9 Å². The lowest BCUT2D eigenvalue weighted by molar-refractivity contribution is 0.0672. The topological polar surface area (TPSA) is 53.4 Å². The van der Waals surface area contributed by atoms with Gasteiger partial charge in [0.15, 0.2) is 5.69 Å². The highest BCUT2D eigenvalue weighted by Gasteiger charge is 2.22. The van der Waals surface area contributed by atoms with Crippen LogP contribution in [0.4, 0.5) is 0 Å². The molecule has 0 radical (unpaired) electrons. The summed E-state index contributed by atoms with van der Waals surface area (Å²) in [7, 11) is 0. The molecule has 1 heterocycles. The molecular weight excluding hydrogens is 216 g/mol. The van der Waals surface area contributed by atoms with Crippen LogP contribution in [0.25, 0.3) is 0 Å². The van der Waals surface area contributed by atoms with Crippen molar-refractivity contribution >= 4 is 5.91 Å². The molecule has 4 nitrogen and oxygen atoms in total. The Morgan fingerprint density at radius 3 is 2.53 bits per heavy atom. The molecule has 0 fully saturated rings. The van der Waals surface area contributed by atoms with Gasteiger partial charge in [0.1, 0.15) is 5.75 Å². The van der Waals surface area contributed by atoms with E-state index >= 15 is 0 Å². The molecule has 0 atom stereocenters. The van der Waals surface area contributed by atoms with Gasteiger partial charge in [-0.25, -0.2) is 4.98 Å². The summed E-state index contributed by atoms with van der Waals surface area (Å²) in [6.07, 6.45) is 1.51. The zero-order valence-corrected chi connectivity index (χ0v) is 10.8. The zero-order valence-electron chi connectivity index (χ0n) is 10.8. The Morgan fingerprint density at radius 2 is 2.06 bits per heavy atom. The van der Waals surface area contributed by atoms with Gasteiger partial charge in [0.25, 0.3) is 5.91 Å². The van der Waals surface area contributed by atoms with E-state index in [9.17, 15) is 9.90 Å². The Morgan fingerprint density at radius 1 is 1.41 bits per heavy atom. The first-order chi connectivity index (χ1) is 7.93. The molecule has 0 saturated carbocycles. The Hall–Kier alpha value is -1.58. The predicted octanol–water partition coefficient (Wildman–Crippen LogP) is 2.29. The number of aromatic hydroxyl groups is 1. The second kappa shape index (κ2) is 5.66. The smallest absolute Gasteiger partial charge is 0.276 e. The summed E-state index contributed by atoms with van der Waals surface area (Å²) in [6.45, 7) is 8.69. The quantitative estimate of drug-likeness (QED) is 0.872. The van der Waals surface area contributed by atoms with Crippen LogP contribution in [0.3, 0.4) is 0 Å². The number of hydrogen-bond acceptors (Lipinski definition) is 3. The van der Waals surface area contributed by atoms with Crippen molar-refractivity contribution in [2.75, 3.05) is 6.54 Å². The van der Waals surface area contributed by atoms with Crippen molar-refractivity contribution in [3.05, 3.63) is 24.0 Å². The van der Waals surface area contributed by atoms with Gasteiger partial charge in [-0.2, -0.15) is 0 Å². The van der Waals surface area contributed by atoms with Crippen LogP contribution >= 0.6 is 0 Å². The molecule has 0 aliphatic heterocycles. The van der Waals surface area contributed by atoms with Crippen molar-refractivity contribution in [1.29, 1.82) is 0 Å². The standard InChI is InChI=1S/C13H20N2O2/c1-9(2)8-15(10(3)4)13(17)12-11(16)6-5-7-14-12/h5-7,9-10,16H,8H2,1-4H3. The molecule has 0 unspecified atom stereocenters. The highest BCUT2D eigenvalue weighted by molar-refractivity contribution is 5.94. The fraction of sp³-hybridized carbons (Fsp3) is 0.538. The average Bonchev–Trinajstić information content (AvgIpc) is 2.25. The molecule has 0 aliphatic rings. The van der Waals surface area contributed by atoms with E-state index in [1.807, 2.05) is 13.8 Å². The summed E-state index contributed by atoms with van der Waals surface area (Å²) in [6, 6.07) is 3.17. The molecule has 1 N–H and O–H groups in total. The van der Waals surface area contributed by atoms with Crippen LogP contribution in [-0.2, 0) is 0 Å². The number of carbonyl (C=O) groups is 1. The number of hydrogen-bond donors (Lipinski definition) is 1. The Bertz CT molecular complexity index is 389. The van der Waals surface area contributed by atoms with Crippen molar-refractivity contribution in [1.82, 2.24) is 9.88 Å². The second-order valence-electron chi connectivity index (χ2n) is 4.82. The second-order valence-corrected chi connectivity index (χ2v) is 4.82. The highest BCUT2D eigenvalue weighted by Crippen LogP contribution is 2.17. The molecule has 17 heavy (non-hydrogen) atoms. The van der Waals surface area contributed by atoms with Gasteiger partial charge in [-0.15, -0.1) is 0 Å². The Labute approximate surface area is 102 Å². The molecule has 0 aromatic carbocycles. The van der Waals surface area contributed by atoms with E-state index in [4.69, 9.17) is 0 Å². The van der Waals surface area contributed by atoms with E-state index in [2.05, 4.69) is 18.8 Å². The van der Waals surface area contributed by atoms with Gasteiger partial charge < -0.3 is 10.0 Å². The van der Waals surface area contributed by atoms with Crippen molar-refractivity contribution in [3.8, 4) is 5.75 Å². The van der Waals surface area contributed by atoms with Gasteiger partial charge in [0.2, 0.25) is 0 Å². The fourth-order valence-corrected chi connectivity index (χ4v) is 1.62. The lowest BCUT2D eigenvalue weighted by Gasteiger charge is -2.28. The lowest BCUT2D eigenvalue weighted by atomic mass is 10.1. The molecule has 1 aromatic heterocycles. The van der Waals surface area contributed by atoms with Crippen LogP contribution in [0.1, 0.15) is 38.2 Å². The van der Waals surface area contributed by atoms with Crippen LogP contribution < -0.4 is 0 Å². The summed E-state index contributed by atoms with van der Waals surface area (Å²) in [4.78, 5) is 17.9. The van der Waals surface area contributed by atoms with Gasteiger partial charge >= 0.3 is 0 Å². The average molecular weight is 236 g/mol. The van der Waals surface area contributed by atoms with Gasteiger partial charge in [-0.3, -0.25) is 4.79 Å². The zero-order chi connectivity index (χ0) is 13.0. The highest BCUT2D eigenvalue weighted by atomic mass is 16.3. The SMILES string of the molecule is CC(C)CN(C(=O)c1ncccc1O)C(C)C. The van der Waals surface area contributed by atoms with Crippen molar-refractivity contribution < 1.29 is 9.90 Å². The molecule has 0 aliphatic carbocycles. The molecule has 1 rings (SSSR count). The first-order valence-corrected chi connectivity index (χ1v) is 5.88. The minimum Gasteiger partial charge on any atom is -0.505 e. The van der Waals surface area contributed by atoms with E-state index in [1.165, 1.54) is 12.3 Å². The van der Waals surface area contributed by atoms with Crippen LogP contribution in [0.2, 0.25) is 0 Å². The first kappa shape index (κ1) is 13.5. The summed E-state index contributed by atoms with van der Waals surface area (Å²) in [5, 5.41) is 9.64. The monoisotopic (exact) mass is 236 g/mol. The van der Waals surface area contributed by atoms with Crippen LogP contribution in [0.15, 0.2) is 18.3 Å². The predicted molar refractivity (Wildman–Crippen MR) is 66.9 cm³/mol. The molecule has 94 valence electrons.